The maximum atomic E-state index is 12.0. The summed E-state index contributed by atoms with van der Waals surface area (Å²) in [5.41, 5.74) is 2.65. The van der Waals surface area contributed by atoms with Crippen molar-refractivity contribution in [3.05, 3.63) is 64.7 Å². The number of carbonyl (C=O) groups is 2. The Kier molecular flexibility index (Phi) is 7.00. The summed E-state index contributed by atoms with van der Waals surface area (Å²) in [5, 5.41) is 14.6. The van der Waals surface area contributed by atoms with Gasteiger partial charge in [0.05, 0.1) is 6.07 Å². The van der Waals surface area contributed by atoms with Crippen LogP contribution in [-0.2, 0) is 22.6 Å². The first-order valence-corrected chi connectivity index (χ1v) is 8.21. The van der Waals surface area contributed by atoms with Gasteiger partial charge in [-0.1, -0.05) is 35.9 Å². The number of halogens is 1. The average molecular weight is 356 g/mol. The number of hydrogen-bond acceptors (Lipinski definition) is 3. The van der Waals surface area contributed by atoms with Crippen LogP contribution >= 0.6 is 11.6 Å². The number of aryl methyl sites for hydroxylation is 1. The van der Waals surface area contributed by atoms with Crippen LogP contribution in [0.25, 0.3) is 0 Å². The Balaban J connectivity index is 1.78. The van der Waals surface area contributed by atoms with E-state index in [1.807, 2.05) is 36.4 Å². The molecule has 0 aliphatic carbocycles. The number of nitrogens with zero attached hydrogens (tertiary/aromatic N) is 1. The molecule has 2 aromatic rings. The van der Waals surface area contributed by atoms with Gasteiger partial charge in [-0.25, -0.2) is 0 Å². The summed E-state index contributed by atoms with van der Waals surface area (Å²) in [6.07, 6.45) is 0.876. The lowest BCUT2D eigenvalue weighted by atomic mass is 10.1. The van der Waals surface area contributed by atoms with E-state index in [1.165, 1.54) is 0 Å². The van der Waals surface area contributed by atoms with Gasteiger partial charge in [-0.2, -0.15) is 5.26 Å². The van der Waals surface area contributed by atoms with Gasteiger partial charge in [-0.15, -0.1) is 0 Å². The third-order valence-corrected chi connectivity index (χ3v) is 3.77. The van der Waals surface area contributed by atoms with E-state index in [0.29, 0.717) is 30.1 Å². The fraction of sp³-hybridized carbons (Fsp3) is 0.211. The molecule has 0 saturated heterocycles. The highest BCUT2D eigenvalue weighted by atomic mass is 35.5. The molecule has 0 aromatic heterocycles. The van der Waals surface area contributed by atoms with Crippen molar-refractivity contribution < 1.29 is 9.59 Å². The van der Waals surface area contributed by atoms with E-state index < -0.39 is 0 Å². The number of hydrogen-bond donors (Lipinski definition) is 2. The van der Waals surface area contributed by atoms with Gasteiger partial charge in [0.25, 0.3) is 0 Å². The normalized spacial score (nSPS) is 9.92. The third-order valence-electron chi connectivity index (χ3n) is 3.52. The van der Waals surface area contributed by atoms with Gasteiger partial charge in [0, 0.05) is 23.7 Å². The zero-order valence-corrected chi connectivity index (χ0v) is 14.3. The topological polar surface area (TPSA) is 82.0 Å². The number of nitriles is 1. The van der Waals surface area contributed by atoms with E-state index in [4.69, 9.17) is 16.9 Å². The van der Waals surface area contributed by atoms with Gasteiger partial charge in [0.15, 0.2) is 0 Å². The molecule has 0 fully saturated rings. The van der Waals surface area contributed by atoms with E-state index in [0.717, 1.165) is 11.1 Å². The fourth-order valence-corrected chi connectivity index (χ4v) is 2.30. The molecule has 25 heavy (non-hydrogen) atoms. The highest BCUT2D eigenvalue weighted by molar-refractivity contribution is 6.30. The first-order chi connectivity index (χ1) is 12.1. The average Bonchev–Trinajstić information content (AvgIpc) is 2.61. The van der Waals surface area contributed by atoms with E-state index >= 15 is 0 Å². The van der Waals surface area contributed by atoms with Crippen LogP contribution in [0.3, 0.4) is 0 Å². The zero-order valence-electron chi connectivity index (χ0n) is 13.6. The molecule has 2 aromatic carbocycles. The maximum Gasteiger partial charge on any atom is 0.234 e. The molecule has 2 rings (SSSR count). The lowest BCUT2D eigenvalue weighted by Crippen LogP contribution is -2.21. The van der Waals surface area contributed by atoms with Crippen LogP contribution in [0.5, 0.6) is 0 Å². The van der Waals surface area contributed by atoms with Crippen molar-refractivity contribution in [1.82, 2.24) is 5.32 Å². The molecular weight excluding hydrogens is 338 g/mol. The third kappa shape index (κ3) is 6.66. The second-order valence-corrected chi connectivity index (χ2v) is 5.92. The molecule has 128 valence electrons. The van der Waals surface area contributed by atoms with E-state index in [9.17, 15) is 9.59 Å². The first kappa shape index (κ1) is 18.5. The lowest BCUT2D eigenvalue weighted by Gasteiger charge is -2.07. The van der Waals surface area contributed by atoms with Gasteiger partial charge in [-0.05, 0) is 41.8 Å². The Morgan fingerprint density at radius 2 is 1.60 bits per heavy atom. The number of nitrogens with one attached hydrogen (secondary N) is 2. The van der Waals surface area contributed by atoms with E-state index in [-0.39, 0.29) is 18.2 Å². The standard InChI is InChI=1S/C19H18ClN3O2/c20-16-6-1-14(2-7-16)5-10-19(25)23-17-8-3-15(4-9-17)13-22-18(24)11-12-21/h1-4,6-9H,5,10-11,13H2,(H,22,24)(H,23,25). The van der Waals surface area contributed by atoms with Crippen LogP contribution in [0.4, 0.5) is 5.69 Å². The van der Waals surface area contributed by atoms with Crippen LogP contribution in [0.2, 0.25) is 5.02 Å². The second kappa shape index (κ2) is 9.45. The number of rotatable bonds is 7. The molecule has 2 amide bonds. The Hall–Kier alpha value is -2.84. The Bertz CT molecular complexity index is 765. The van der Waals surface area contributed by atoms with Crippen molar-refractivity contribution >= 4 is 29.1 Å². The minimum Gasteiger partial charge on any atom is -0.351 e. The molecule has 0 atom stereocenters. The minimum atomic E-state index is -0.304. The van der Waals surface area contributed by atoms with E-state index in [2.05, 4.69) is 10.6 Å². The van der Waals surface area contributed by atoms with Gasteiger partial charge in [0.2, 0.25) is 11.8 Å². The summed E-state index contributed by atoms with van der Waals surface area (Å²) >= 11 is 5.83. The number of benzene rings is 2. The molecule has 5 nitrogen and oxygen atoms in total. The van der Waals surface area contributed by atoms with E-state index in [1.54, 1.807) is 18.2 Å². The SMILES string of the molecule is N#CCC(=O)NCc1ccc(NC(=O)CCc2ccc(Cl)cc2)cc1. The highest BCUT2D eigenvalue weighted by Gasteiger charge is 2.04. The molecule has 0 saturated carbocycles. The molecular formula is C19H18ClN3O2. The monoisotopic (exact) mass is 355 g/mol. The molecule has 6 heteroatoms. The van der Waals surface area contributed by atoms with Crippen LogP contribution in [0, 0.1) is 11.3 Å². The fourth-order valence-electron chi connectivity index (χ4n) is 2.17. The van der Waals surface area contributed by atoms with Crippen molar-refractivity contribution in [2.24, 2.45) is 0 Å². The Morgan fingerprint density at radius 3 is 2.24 bits per heavy atom. The lowest BCUT2D eigenvalue weighted by molar-refractivity contribution is -0.120. The molecule has 2 N–H and O–H groups in total. The number of anilines is 1. The van der Waals surface area contributed by atoms with Crippen molar-refractivity contribution in [2.45, 2.75) is 25.8 Å². The summed E-state index contributed by atoms with van der Waals surface area (Å²) in [6.45, 7) is 0.352. The van der Waals surface area contributed by atoms with Crippen molar-refractivity contribution in [3.8, 4) is 6.07 Å². The van der Waals surface area contributed by atoms with Crippen LogP contribution in [-0.4, -0.2) is 11.8 Å². The van der Waals surface area contributed by atoms with Gasteiger partial charge >= 0.3 is 0 Å². The Labute approximate surface area is 151 Å². The molecule has 0 spiro atoms. The largest absolute Gasteiger partial charge is 0.351 e. The summed E-state index contributed by atoms with van der Waals surface area (Å²) in [5.74, 6) is -0.368. The van der Waals surface area contributed by atoms with Crippen LogP contribution < -0.4 is 10.6 Å². The van der Waals surface area contributed by atoms with Gasteiger partial charge in [-0.3, -0.25) is 9.59 Å². The van der Waals surface area contributed by atoms with Crippen LogP contribution in [0.15, 0.2) is 48.5 Å². The Morgan fingerprint density at radius 1 is 0.960 bits per heavy atom. The quantitative estimate of drug-likeness (QED) is 0.798. The molecule has 0 bridgehead atoms. The van der Waals surface area contributed by atoms with Gasteiger partial charge in [0.1, 0.15) is 6.42 Å². The summed E-state index contributed by atoms with van der Waals surface area (Å²) in [4.78, 5) is 23.2. The predicted molar refractivity (Wildman–Crippen MR) is 96.9 cm³/mol. The summed E-state index contributed by atoms with van der Waals surface area (Å²) in [7, 11) is 0. The summed E-state index contributed by atoms with van der Waals surface area (Å²) < 4.78 is 0. The molecule has 0 aliphatic heterocycles. The van der Waals surface area contributed by atoms with Gasteiger partial charge < -0.3 is 10.6 Å². The van der Waals surface area contributed by atoms with Crippen LogP contribution in [0.1, 0.15) is 24.0 Å². The van der Waals surface area contributed by atoms with Crippen molar-refractivity contribution in [2.75, 3.05) is 5.32 Å². The summed E-state index contributed by atoms with van der Waals surface area (Å²) in [6, 6.07) is 16.4. The van der Waals surface area contributed by atoms with Crippen molar-refractivity contribution in [1.29, 1.82) is 5.26 Å². The predicted octanol–water partition coefficient (Wildman–Crippen LogP) is 3.44. The first-order valence-electron chi connectivity index (χ1n) is 7.83. The number of carbonyl (C=O) groups excluding carboxylic acids is 2. The maximum absolute atomic E-state index is 12.0. The zero-order chi connectivity index (χ0) is 18.1. The molecule has 0 aliphatic rings. The number of amides is 2. The molecule has 0 radical (unpaired) electrons. The molecule has 0 heterocycles. The van der Waals surface area contributed by atoms with Crippen molar-refractivity contribution in [3.63, 3.8) is 0 Å². The minimum absolute atomic E-state index is 0.0648. The molecule has 0 unspecified atom stereocenters. The highest BCUT2D eigenvalue weighted by Crippen LogP contribution is 2.13. The second-order valence-electron chi connectivity index (χ2n) is 5.48. The smallest absolute Gasteiger partial charge is 0.234 e.